The lowest BCUT2D eigenvalue weighted by atomic mass is 10.1. The molecule has 0 aliphatic heterocycles. The Labute approximate surface area is 89.0 Å². The molecule has 0 saturated carbocycles. The topological polar surface area (TPSA) is 83.8 Å². The number of hydrogen-bond acceptors (Lipinski definition) is 5. The van der Waals surface area contributed by atoms with Crippen LogP contribution < -0.4 is 0 Å². The number of carbonyl (C=O) groups excluding carboxylic acids is 2. The Balaban J connectivity index is 3.30. The van der Waals surface area contributed by atoms with Crippen LogP contribution in [0.2, 0.25) is 0 Å². The number of aliphatic hydroxyl groups excluding tert-OH is 2. The lowest BCUT2D eigenvalue weighted by molar-refractivity contribution is -0.144. The third kappa shape index (κ3) is 9.37. The van der Waals surface area contributed by atoms with Crippen LogP contribution in [0.4, 0.5) is 0 Å². The van der Waals surface area contributed by atoms with Crippen LogP contribution in [0.5, 0.6) is 0 Å². The molecule has 5 heteroatoms. The average Bonchev–Trinajstić information content (AvgIpc) is 2.22. The van der Waals surface area contributed by atoms with Crippen LogP contribution in [0.3, 0.4) is 0 Å². The second-order valence-electron chi connectivity index (χ2n) is 3.16. The summed E-state index contributed by atoms with van der Waals surface area (Å²) in [6, 6.07) is 0. The molecule has 0 atom stereocenters. The lowest BCUT2D eigenvalue weighted by Crippen LogP contribution is -2.08. The second-order valence-corrected chi connectivity index (χ2v) is 3.16. The molecule has 0 aliphatic carbocycles. The molecule has 0 heterocycles. The standard InChI is InChI=1S/C10H18O5/c11-6-5-9(13)3-1-2-4-10(14)15-8-7-12/h11-12H,1-8H2. The minimum absolute atomic E-state index is 0.0150. The molecule has 2 N–H and O–H groups in total. The van der Waals surface area contributed by atoms with Gasteiger partial charge in [-0.2, -0.15) is 0 Å². The summed E-state index contributed by atoms with van der Waals surface area (Å²) in [5, 5.41) is 16.8. The van der Waals surface area contributed by atoms with E-state index in [1.54, 1.807) is 0 Å². The SMILES string of the molecule is O=C(CCO)CCCCC(=O)OCCO. The van der Waals surface area contributed by atoms with Crippen molar-refractivity contribution in [1.29, 1.82) is 0 Å². The molecule has 0 bridgehead atoms. The Morgan fingerprint density at radius 3 is 2.20 bits per heavy atom. The highest BCUT2D eigenvalue weighted by molar-refractivity contribution is 5.78. The second kappa shape index (κ2) is 9.61. The summed E-state index contributed by atoms with van der Waals surface area (Å²) in [5.41, 5.74) is 0. The number of ether oxygens (including phenoxy) is 1. The highest BCUT2D eigenvalue weighted by atomic mass is 16.5. The smallest absolute Gasteiger partial charge is 0.305 e. The van der Waals surface area contributed by atoms with E-state index >= 15 is 0 Å². The molecule has 0 radical (unpaired) electrons. The van der Waals surface area contributed by atoms with Gasteiger partial charge in [-0.25, -0.2) is 0 Å². The van der Waals surface area contributed by atoms with Crippen molar-refractivity contribution in [3.05, 3.63) is 0 Å². The van der Waals surface area contributed by atoms with E-state index < -0.39 is 0 Å². The van der Waals surface area contributed by atoms with Gasteiger partial charge in [0.15, 0.2) is 0 Å². The summed E-state index contributed by atoms with van der Waals surface area (Å²) in [4.78, 5) is 21.9. The van der Waals surface area contributed by atoms with Crippen molar-refractivity contribution in [1.82, 2.24) is 0 Å². The number of esters is 1. The van der Waals surface area contributed by atoms with Gasteiger partial charge in [-0.1, -0.05) is 0 Å². The summed E-state index contributed by atoms with van der Waals surface area (Å²) in [7, 11) is 0. The van der Waals surface area contributed by atoms with E-state index in [1.165, 1.54) is 0 Å². The van der Waals surface area contributed by atoms with Gasteiger partial charge in [0.2, 0.25) is 0 Å². The summed E-state index contributed by atoms with van der Waals surface area (Å²) < 4.78 is 4.63. The number of hydrogen-bond donors (Lipinski definition) is 2. The highest BCUT2D eigenvalue weighted by Crippen LogP contribution is 2.03. The quantitative estimate of drug-likeness (QED) is 0.421. The Bertz CT molecular complexity index is 190. The van der Waals surface area contributed by atoms with Gasteiger partial charge in [0.05, 0.1) is 6.61 Å². The third-order valence-corrected chi connectivity index (χ3v) is 1.83. The fourth-order valence-corrected chi connectivity index (χ4v) is 1.07. The summed E-state index contributed by atoms with van der Waals surface area (Å²) in [5.74, 6) is -0.333. The Hall–Kier alpha value is -0.940. The Kier molecular flexibility index (Phi) is 9.01. The molecule has 0 aromatic carbocycles. The number of aliphatic hydroxyl groups is 2. The van der Waals surface area contributed by atoms with Crippen molar-refractivity contribution in [2.24, 2.45) is 0 Å². The van der Waals surface area contributed by atoms with Crippen LogP contribution >= 0.6 is 0 Å². The predicted molar refractivity (Wildman–Crippen MR) is 53.2 cm³/mol. The van der Waals surface area contributed by atoms with E-state index in [-0.39, 0.29) is 44.4 Å². The van der Waals surface area contributed by atoms with E-state index in [0.29, 0.717) is 19.3 Å². The van der Waals surface area contributed by atoms with E-state index in [2.05, 4.69) is 4.74 Å². The Morgan fingerprint density at radius 1 is 0.933 bits per heavy atom. The predicted octanol–water partition coefficient (Wildman–Crippen LogP) is 0.0338. The molecular weight excluding hydrogens is 200 g/mol. The molecule has 0 saturated heterocycles. The average molecular weight is 218 g/mol. The first-order valence-electron chi connectivity index (χ1n) is 5.09. The van der Waals surface area contributed by atoms with Crippen molar-refractivity contribution in [3.8, 4) is 0 Å². The van der Waals surface area contributed by atoms with Gasteiger partial charge < -0.3 is 14.9 Å². The van der Waals surface area contributed by atoms with Gasteiger partial charge in [-0.15, -0.1) is 0 Å². The Morgan fingerprint density at radius 2 is 1.60 bits per heavy atom. The zero-order valence-corrected chi connectivity index (χ0v) is 8.78. The van der Waals surface area contributed by atoms with Crippen LogP contribution in [0.15, 0.2) is 0 Å². The van der Waals surface area contributed by atoms with Gasteiger partial charge in [0.25, 0.3) is 0 Å². The molecular formula is C10H18O5. The molecule has 0 rings (SSSR count). The van der Waals surface area contributed by atoms with Crippen LogP contribution in [0.1, 0.15) is 32.1 Å². The summed E-state index contributed by atoms with van der Waals surface area (Å²) >= 11 is 0. The van der Waals surface area contributed by atoms with Crippen molar-refractivity contribution in [2.75, 3.05) is 19.8 Å². The normalized spacial score (nSPS) is 10.0. The van der Waals surface area contributed by atoms with E-state index in [4.69, 9.17) is 10.2 Å². The maximum absolute atomic E-state index is 11.0. The van der Waals surface area contributed by atoms with E-state index in [1.807, 2.05) is 0 Å². The van der Waals surface area contributed by atoms with Gasteiger partial charge in [0.1, 0.15) is 12.4 Å². The number of ketones is 1. The lowest BCUT2D eigenvalue weighted by Gasteiger charge is -2.02. The minimum Gasteiger partial charge on any atom is -0.463 e. The molecule has 0 unspecified atom stereocenters. The first-order valence-corrected chi connectivity index (χ1v) is 5.09. The fourth-order valence-electron chi connectivity index (χ4n) is 1.07. The molecule has 0 amide bonds. The summed E-state index contributed by atoms with van der Waals surface area (Å²) in [6.07, 6.45) is 2.09. The van der Waals surface area contributed by atoms with Crippen molar-refractivity contribution >= 4 is 11.8 Å². The number of Topliss-reactive ketones (excluding diaryl/α,β-unsaturated/α-hetero) is 1. The van der Waals surface area contributed by atoms with Crippen molar-refractivity contribution in [3.63, 3.8) is 0 Å². The van der Waals surface area contributed by atoms with Crippen LogP contribution in [-0.4, -0.2) is 41.8 Å². The third-order valence-electron chi connectivity index (χ3n) is 1.83. The molecule has 0 aromatic heterocycles. The molecule has 0 spiro atoms. The van der Waals surface area contributed by atoms with Gasteiger partial charge >= 0.3 is 5.97 Å². The highest BCUT2D eigenvalue weighted by Gasteiger charge is 2.04. The molecule has 0 aromatic rings. The zero-order chi connectivity index (χ0) is 11.5. The van der Waals surface area contributed by atoms with E-state index in [9.17, 15) is 9.59 Å². The van der Waals surface area contributed by atoms with Crippen LogP contribution in [0.25, 0.3) is 0 Å². The molecule has 15 heavy (non-hydrogen) atoms. The minimum atomic E-state index is -0.348. The van der Waals surface area contributed by atoms with Gasteiger partial charge in [-0.3, -0.25) is 9.59 Å². The first kappa shape index (κ1) is 14.1. The first-order chi connectivity index (χ1) is 7.20. The van der Waals surface area contributed by atoms with Crippen molar-refractivity contribution in [2.45, 2.75) is 32.1 Å². The monoisotopic (exact) mass is 218 g/mol. The maximum Gasteiger partial charge on any atom is 0.305 e. The number of carbonyl (C=O) groups is 2. The molecule has 5 nitrogen and oxygen atoms in total. The largest absolute Gasteiger partial charge is 0.463 e. The van der Waals surface area contributed by atoms with Crippen LogP contribution in [0, 0.1) is 0 Å². The molecule has 0 aliphatic rings. The molecule has 88 valence electrons. The van der Waals surface area contributed by atoms with Crippen molar-refractivity contribution < 1.29 is 24.5 Å². The van der Waals surface area contributed by atoms with Crippen LogP contribution in [-0.2, 0) is 14.3 Å². The number of unbranched alkanes of at least 4 members (excludes halogenated alkanes) is 1. The van der Waals surface area contributed by atoms with Gasteiger partial charge in [0, 0.05) is 25.9 Å². The maximum atomic E-state index is 11.0. The van der Waals surface area contributed by atoms with Gasteiger partial charge in [-0.05, 0) is 12.8 Å². The number of rotatable bonds is 9. The fraction of sp³-hybridized carbons (Fsp3) is 0.800. The zero-order valence-electron chi connectivity index (χ0n) is 8.78. The summed E-state index contributed by atoms with van der Waals surface area (Å²) in [6.45, 7) is -0.250. The molecule has 0 fully saturated rings. The van der Waals surface area contributed by atoms with E-state index in [0.717, 1.165) is 0 Å².